The van der Waals surface area contributed by atoms with E-state index in [0.717, 1.165) is 27.1 Å². The minimum absolute atomic E-state index is 0.0895. The molecule has 16 heteroatoms. The summed E-state index contributed by atoms with van der Waals surface area (Å²) in [6.45, 7) is 6.08. The fourth-order valence-corrected chi connectivity index (χ4v) is 7.57. The molecule has 14 nitrogen and oxygen atoms in total. The molecule has 0 bridgehead atoms. The van der Waals surface area contributed by atoms with Crippen LogP contribution < -0.4 is 9.47 Å². The Kier molecular flexibility index (Phi) is 15.5. The molecule has 1 unspecified atom stereocenters. The van der Waals surface area contributed by atoms with Gasteiger partial charge in [-0.15, -0.1) is 0 Å². The molecule has 318 valence electrons. The molecule has 1 saturated heterocycles. The highest BCUT2D eigenvalue weighted by Crippen LogP contribution is 2.32. The molecule has 7 rings (SSSR count). The fraction of sp³-hybridized carbons (Fsp3) is 0.409. The van der Waals surface area contributed by atoms with Crippen LogP contribution in [0.25, 0.3) is 21.8 Å². The minimum atomic E-state index is -0.501. The summed E-state index contributed by atoms with van der Waals surface area (Å²) >= 11 is 12.9. The van der Waals surface area contributed by atoms with Crippen molar-refractivity contribution in [3.63, 3.8) is 0 Å². The maximum absolute atomic E-state index is 13.0. The van der Waals surface area contributed by atoms with Gasteiger partial charge in [-0.2, -0.15) is 0 Å². The minimum Gasteiger partial charge on any atom is -0.494 e. The van der Waals surface area contributed by atoms with Gasteiger partial charge in [-0.25, -0.2) is 14.9 Å². The molecule has 5 aromatic rings. The van der Waals surface area contributed by atoms with Gasteiger partial charge in [-0.1, -0.05) is 35.3 Å². The molecule has 4 heterocycles. The second-order valence-corrected chi connectivity index (χ2v) is 15.1. The molecule has 1 atom stereocenters. The van der Waals surface area contributed by atoms with Gasteiger partial charge in [0.15, 0.2) is 0 Å². The zero-order valence-electron chi connectivity index (χ0n) is 33.8. The lowest BCUT2D eigenvalue weighted by molar-refractivity contribution is -0.0774. The Labute approximate surface area is 359 Å². The van der Waals surface area contributed by atoms with Crippen molar-refractivity contribution in [2.45, 2.75) is 19.2 Å². The largest absolute Gasteiger partial charge is 0.494 e. The number of nitrogens with zero attached hydrogens (tertiary/aromatic N) is 5. The van der Waals surface area contributed by atoms with Gasteiger partial charge in [0.05, 0.1) is 99.6 Å². The number of amides is 2. The first kappa shape index (κ1) is 43.6. The third kappa shape index (κ3) is 10.9. The predicted octanol–water partition coefficient (Wildman–Crippen LogP) is 6.13. The molecular formula is C44H49Cl2N5O9. The highest BCUT2D eigenvalue weighted by Gasteiger charge is 2.35. The zero-order chi connectivity index (χ0) is 41.8. The third-order valence-corrected chi connectivity index (χ3v) is 11.0. The van der Waals surface area contributed by atoms with E-state index >= 15 is 0 Å². The Morgan fingerprint density at radius 1 is 0.633 bits per heavy atom. The molecule has 0 N–H and O–H groups in total. The average molecular weight is 863 g/mol. The van der Waals surface area contributed by atoms with Crippen LogP contribution in [0.4, 0.5) is 0 Å². The van der Waals surface area contributed by atoms with Crippen molar-refractivity contribution in [1.82, 2.24) is 24.7 Å². The Morgan fingerprint density at radius 2 is 1.13 bits per heavy atom. The summed E-state index contributed by atoms with van der Waals surface area (Å²) in [7, 11) is 3.23. The number of methoxy groups -OCH3 is 2. The highest BCUT2D eigenvalue weighted by atomic mass is 35.5. The van der Waals surface area contributed by atoms with Crippen LogP contribution in [0.2, 0.25) is 10.0 Å². The predicted molar refractivity (Wildman–Crippen MR) is 227 cm³/mol. The van der Waals surface area contributed by atoms with E-state index in [0.29, 0.717) is 123 Å². The van der Waals surface area contributed by atoms with E-state index in [2.05, 4.69) is 9.80 Å². The SMILES string of the molecule is COc1ccc(Cl)c2ccc(CN3CCOCCOCCN(Cc4ccc5c(Cl)ccc(OC)c5n4)CCOC(COCN4C(=O)c5ccccc5C4=O)COCC3)nc12. The van der Waals surface area contributed by atoms with Gasteiger partial charge >= 0.3 is 0 Å². The number of carbonyl (C=O) groups is 2. The van der Waals surface area contributed by atoms with Crippen molar-refractivity contribution < 1.29 is 42.7 Å². The molecular weight excluding hydrogens is 813 g/mol. The molecule has 0 spiro atoms. The lowest BCUT2D eigenvalue weighted by Gasteiger charge is -2.26. The van der Waals surface area contributed by atoms with E-state index in [-0.39, 0.29) is 31.8 Å². The monoisotopic (exact) mass is 861 g/mol. The summed E-state index contributed by atoms with van der Waals surface area (Å²) in [6.07, 6.45) is -0.501. The molecule has 2 aliphatic heterocycles. The second-order valence-electron chi connectivity index (χ2n) is 14.3. The van der Waals surface area contributed by atoms with Gasteiger partial charge in [-0.3, -0.25) is 19.4 Å². The smallest absolute Gasteiger partial charge is 0.263 e. The quantitative estimate of drug-likeness (QED) is 0.149. The van der Waals surface area contributed by atoms with Gasteiger partial charge in [-0.05, 0) is 60.7 Å². The molecule has 3 aromatic carbocycles. The second kappa shape index (κ2) is 21.4. The topological polar surface area (TPSA) is 134 Å². The number of rotatable bonds is 10. The lowest BCUT2D eigenvalue weighted by atomic mass is 10.1. The molecule has 60 heavy (non-hydrogen) atoms. The molecule has 0 radical (unpaired) electrons. The van der Waals surface area contributed by atoms with Crippen molar-refractivity contribution in [2.24, 2.45) is 0 Å². The van der Waals surface area contributed by atoms with Crippen molar-refractivity contribution in [1.29, 1.82) is 0 Å². The van der Waals surface area contributed by atoms with Crippen molar-refractivity contribution >= 4 is 56.8 Å². The van der Waals surface area contributed by atoms with E-state index in [1.165, 1.54) is 0 Å². The Balaban J connectivity index is 1.02. The van der Waals surface area contributed by atoms with Gasteiger partial charge in [0, 0.05) is 50.0 Å². The summed E-state index contributed by atoms with van der Waals surface area (Å²) in [6, 6.07) is 21.9. The van der Waals surface area contributed by atoms with Gasteiger partial charge in [0.25, 0.3) is 11.8 Å². The number of aromatic nitrogens is 2. The van der Waals surface area contributed by atoms with Gasteiger partial charge in [0.1, 0.15) is 35.4 Å². The summed E-state index contributed by atoms with van der Waals surface area (Å²) in [5.41, 5.74) is 3.81. The first-order valence-corrected chi connectivity index (χ1v) is 20.6. The molecule has 2 amide bonds. The number of halogens is 2. The molecule has 1 fully saturated rings. The third-order valence-electron chi connectivity index (χ3n) is 10.4. The van der Waals surface area contributed by atoms with Crippen molar-refractivity contribution in [2.75, 3.05) is 100.0 Å². The zero-order valence-corrected chi connectivity index (χ0v) is 35.3. The van der Waals surface area contributed by atoms with Gasteiger partial charge in [0.2, 0.25) is 0 Å². The molecule has 2 aliphatic rings. The Hall–Kier alpha value is -4.48. The highest BCUT2D eigenvalue weighted by molar-refractivity contribution is 6.36. The first-order chi connectivity index (χ1) is 29.3. The number of hydrogen-bond donors (Lipinski definition) is 0. The number of hydrogen-bond acceptors (Lipinski definition) is 13. The van der Waals surface area contributed by atoms with Crippen LogP contribution in [-0.4, -0.2) is 143 Å². The number of fused-ring (bicyclic) bond motifs is 3. The number of ether oxygens (including phenoxy) is 7. The number of benzene rings is 3. The van der Waals surface area contributed by atoms with E-state index in [1.807, 2.05) is 36.4 Å². The standard InChI is InChI=1S/C44H49Cl2N5O9/c1-54-39-13-11-37(45)35-9-7-30(47-41(35)39)25-49-15-19-56-23-24-57-20-16-50(26-31-8-10-36-38(46)12-14-40(55-2)42(36)48-31)18-22-60-32(27-58-21-17-49)28-59-29-51-43(52)33-5-3-4-6-34(33)44(51)53/h3-14,32H,15-29H2,1-2H3. The summed E-state index contributed by atoms with van der Waals surface area (Å²) < 4.78 is 41.8. The van der Waals surface area contributed by atoms with Crippen LogP contribution >= 0.6 is 23.2 Å². The summed E-state index contributed by atoms with van der Waals surface area (Å²) in [5.74, 6) is 0.526. The van der Waals surface area contributed by atoms with Crippen LogP contribution in [-0.2, 0) is 36.8 Å². The summed E-state index contributed by atoms with van der Waals surface area (Å²) in [5, 5.41) is 2.85. The van der Waals surface area contributed by atoms with Crippen molar-refractivity contribution in [3.8, 4) is 11.5 Å². The Morgan fingerprint density at radius 3 is 1.65 bits per heavy atom. The molecule has 2 aromatic heterocycles. The van der Waals surface area contributed by atoms with E-state index < -0.39 is 6.10 Å². The Bertz CT molecular complexity index is 2230. The number of carbonyl (C=O) groups excluding carboxylic acids is 2. The average Bonchev–Trinajstić information content (AvgIpc) is 3.50. The maximum Gasteiger partial charge on any atom is 0.263 e. The fourth-order valence-electron chi connectivity index (χ4n) is 7.14. The van der Waals surface area contributed by atoms with Crippen molar-refractivity contribution in [3.05, 3.63) is 105 Å². The number of imide groups is 1. The van der Waals surface area contributed by atoms with Crippen LogP contribution in [0.5, 0.6) is 11.5 Å². The number of pyridine rings is 2. The van der Waals surface area contributed by atoms with E-state index in [4.69, 9.17) is 66.3 Å². The maximum atomic E-state index is 13.0. The van der Waals surface area contributed by atoms with Crippen LogP contribution in [0.3, 0.4) is 0 Å². The molecule has 0 aliphatic carbocycles. The van der Waals surface area contributed by atoms with Crippen LogP contribution in [0.15, 0.2) is 72.8 Å². The van der Waals surface area contributed by atoms with Gasteiger partial charge < -0.3 is 33.2 Å². The summed E-state index contributed by atoms with van der Waals surface area (Å²) in [4.78, 5) is 41.3. The normalized spacial score (nSPS) is 18.4. The van der Waals surface area contributed by atoms with Crippen LogP contribution in [0.1, 0.15) is 32.1 Å². The molecule has 0 saturated carbocycles. The first-order valence-electron chi connectivity index (χ1n) is 19.9. The van der Waals surface area contributed by atoms with Crippen LogP contribution in [0, 0.1) is 0 Å². The van der Waals surface area contributed by atoms with E-state index in [9.17, 15) is 9.59 Å². The lowest BCUT2D eigenvalue weighted by Crippen LogP contribution is -2.37. The van der Waals surface area contributed by atoms with E-state index in [1.54, 1.807) is 50.6 Å².